The van der Waals surface area contributed by atoms with Gasteiger partial charge < -0.3 is 14.6 Å². The van der Waals surface area contributed by atoms with Crippen molar-refractivity contribution in [3.63, 3.8) is 0 Å². The molecule has 0 spiro atoms. The minimum atomic E-state index is -4.68. The van der Waals surface area contributed by atoms with Crippen molar-refractivity contribution < 1.29 is 27.8 Å². The van der Waals surface area contributed by atoms with Crippen LogP contribution in [0.1, 0.15) is 12.0 Å². The Morgan fingerprint density at radius 3 is 2.33 bits per heavy atom. The summed E-state index contributed by atoms with van der Waals surface area (Å²) in [6, 6.07) is 5.45. The van der Waals surface area contributed by atoms with Gasteiger partial charge in [-0.3, -0.25) is 0 Å². The van der Waals surface area contributed by atoms with Crippen LogP contribution in [0.15, 0.2) is 24.3 Å². The summed E-state index contributed by atoms with van der Waals surface area (Å²) in [5.74, 6) is -0.266. The number of aliphatic hydroxyl groups is 1. The van der Waals surface area contributed by atoms with Crippen LogP contribution in [0.4, 0.5) is 13.2 Å². The van der Waals surface area contributed by atoms with Gasteiger partial charge in [0, 0.05) is 13.7 Å². The molecule has 0 amide bonds. The van der Waals surface area contributed by atoms with E-state index in [-0.39, 0.29) is 5.75 Å². The van der Waals surface area contributed by atoms with E-state index in [1.165, 1.54) is 31.4 Å². The molecule has 0 radical (unpaired) electrons. The van der Waals surface area contributed by atoms with Gasteiger partial charge in [0.25, 0.3) is 0 Å². The third-order valence-electron chi connectivity index (χ3n) is 2.28. The molecule has 3 nitrogen and oxygen atoms in total. The lowest BCUT2D eigenvalue weighted by Gasteiger charge is -2.11. The molecular formula is C12H15F3O3. The highest BCUT2D eigenvalue weighted by Gasteiger charge is 2.30. The fourth-order valence-corrected chi connectivity index (χ4v) is 1.46. The Balaban J connectivity index is 2.50. The van der Waals surface area contributed by atoms with Crippen LogP contribution in [0, 0.1) is 0 Å². The molecule has 1 aromatic rings. The molecule has 0 aromatic heterocycles. The molecule has 1 rings (SSSR count). The Bertz CT molecular complexity index is 349. The second-order valence-electron chi connectivity index (χ2n) is 3.83. The van der Waals surface area contributed by atoms with Gasteiger partial charge >= 0.3 is 6.36 Å². The predicted octanol–water partition coefficient (Wildman–Crippen LogP) is 2.53. The summed E-state index contributed by atoms with van der Waals surface area (Å²) in [5.41, 5.74) is 0.744. The van der Waals surface area contributed by atoms with Crippen molar-refractivity contribution in [3.05, 3.63) is 29.8 Å². The average molecular weight is 264 g/mol. The van der Waals surface area contributed by atoms with Crippen molar-refractivity contribution in [2.75, 3.05) is 13.7 Å². The van der Waals surface area contributed by atoms with E-state index in [1.54, 1.807) is 0 Å². The molecule has 18 heavy (non-hydrogen) atoms. The minimum Gasteiger partial charge on any atom is -0.406 e. The third kappa shape index (κ3) is 5.88. The molecule has 0 saturated carbocycles. The van der Waals surface area contributed by atoms with E-state index in [9.17, 15) is 18.3 Å². The van der Waals surface area contributed by atoms with Gasteiger partial charge in [-0.25, -0.2) is 0 Å². The van der Waals surface area contributed by atoms with E-state index < -0.39 is 12.5 Å². The second kappa shape index (κ2) is 6.61. The highest BCUT2D eigenvalue weighted by molar-refractivity contribution is 5.27. The van der Waals surface area contributed by atoms with Crippen LogP contribution in [0.3, 0.4) is 0 Å². The maximum atomic E-state index is 11.9. The van der Waals surface area contributed by atoms with Gasteiger partial charge in [-0.2, -0.15) is 0 Å². The summed E-state index contributed by atoms with van der Waals surface area (Å²) in [6.45, 7) is 0.441. The lowest BCUT2D eigenvalue weighted by molar-refractivity contribution is -0.274. The van der Waals surface area contributed by atoms with E-state index in [4.69, 9.17) is 4.74 Å². The predicted molar refractivity (Wildman–Crippen MR) is 59.3 cm³/mol. The first-order valence-corrected chi connectivity index (χ1v) is 5.42. The molecule has 0 aliphatic rings. The van der Waals surface area contributed by atoms with Crippen molar-refractivity contribution in [1.29, 1.82) is 0 Å². The van der Waals surface area contributed by atoms with E-state index in [1.807, 2.05) is 0 Å². The van der Waals surface area contributed by atoms with Gasteiger partial charge in [0.05, 0.1) is 6.10 Å². The van der Waals surface area contributed by atoms with Crippen LogP contribution in [0.2, 0.25) is 0 Å². The normalized spacial score (nSPS) is 13.4. The molecule has 102 valence electrons. The van der Waals surface area contributed by atoms with Crippen molar-refractivity contribution in [2.24, 2.45) is 0 Å². The van der Waals surface area contributed by atoms with Gasteiger partial charge in [-0.1, -0.05) is 12.1 Å². The summed E-state index contributed by atoms with van der Waals surface area (Å²) in [6.07, 6.45) is -4.40. The standard InChI is InChI=1S/C12H15F3O3/c1-17-7-6-10(16)8-9-2-4-11(5-3-9)18-12(13,14)15/h2-5,10,16H,6-8H2,1H3. The molecule has 1 unspecified atom stereocenters. The monoisotopic (exact) mass is 264 g/mol. The Morgan fingerprint density at radius 2 is 1.83 bits per heavy atom. The summed E-state index contributed by atoms with van der Waals surface area (Å²) in [7, 11) is 1.54. The molecule has 1 atom stereocenters. The fraction of sp³-hybridized carbons (Fsp3) is 0.500. The smallest absolute Gasteiger partial charge is 0.406 e. The molecule has 0 fully saturated rings. The number of hydrogen-bond donors (Lipinski definition) is 1. The number of aliphatic hydroxyl groups excluding tert-OH is 1. The first kappa shape index (κ1) is 14.8. The number of ether oxygens (including phenoxy) is 2. The quantitative estimate of drug-likeness (QED) is 0.858. The molecule has 0 bridgehead atoms. The number of benzene rings is 1. The topological polar surface area (TPSA) is 38.7 Å². The van der Waals surface area contributed by atoms with Gasteiger partial charge in [0.15, 0.2) is 0 Å². The maximum Gasteiger partial charge on any atom is 0.573 e. The average Bonchev–Trinajstić information content (AvgIpc) is 2.27. The molecule has 6 heteroatoms. The van der Waals surface area contributed by atoms with Crippen LogP contribution in [-0.2, 0) is 11.2 Å². The summed E-state index contributed by atoms with van der Waals surface area (Å²) in [5, 5.41) is 9.60. The fourth-order valence-electron chi connectivity index (χ4n) is 1.46. The first-order valence-electron chi connectivity index (χ1n) is 5.42. The Hall–Kier alpha value is -1.27. The van der Waals surface area contributed by atoms with Crippen molar-refractivity contribution in [1.82, 2.24) is 0 Å². The Morgan fingerprint density at radius 1 is 1.22 bits per heavy atom. The molecule has 0 heterocycles. The Kier molecular flexibility index (Phi) is 5.43. The largest absolute Gasteiger partial charge is 0.573 e. The SMILES string of the molecule is COCCC(O)Cc1ccc(OC(F)(F)F)cc1. The molecule has 1 aromatic carbocycles. The maximum absolute atomic E-state index is 11.9. The van der Waals surface area contributed by atoms with Gasteiger partial charge in [-0.05, 0) is 30.5 Å². The molecule has 0 aliphatic carbocycles. The van der Waals surface area contributed by atoms with Crippen molar-refractivity contribution in [3.8, 4) is 5.75 Å². The van der Waals surface area contributed by atoms with Crippen molar-refractivity contribution in [2.45, 2.75) is 25.3 Å². The number of hydrogen-bond acceptors (Lipinski definition) is 3. The zero-order valence-electron chi connectivity index (χ0n) is 9.91. The Labute approximate surface area is 103 Å². The first-order chi connectivity index (χ1) is 8.40. The third-order valence-corrected chi connectivity index (χ3v) is 2.28. The minimum absolute atomic E-state index is 0.266. The zero-order valence-corrected chi connectivity index (χ0v) is 9.91. The number of rotatable bonds is 6. The van der Waals surface area contributed by atoms with E-state index in [0.29, 0.717) is 19.4 Å². The molecular weight excluding hydrogens is 249 g/mol. The summed E-state index contributed by atoms with van der Waals surface area (Å²) in [4.78, 5) is 0. The van der Waals surface area contributed by atoms with Crippen LogP contribution in [-0.4, -0.2) is 31.3 Å². The lowest BCUT2D eigenvalue weighted by atomic mass is 10.1. The van der Waals surface area contributed by atoms with Gasteiger partial charge in [0.1, 0.15) is 5.75 Å². The summed E-state index contributed by atoms with van der Waals surface area (Å²) < 4.78 is 44.3. The molecule has 0 saturated heterocycles. The van der Waals surface area contributed by atoms with Gasteiger partial charge in [0.2, 0.25) is 0 Å². The van der Waals surface area contributed by atoms with E-state index in [2.05, 4.69) is 4.74 Å². The number of halogens is 3. The molecule has 0 aliphatic heterocycles. The summed E-state index contributed by atoms with van der Waals surface area (Å²) >= 11 is 0. The van der Waals surface area contributed by atoms with Crippen LogP contribution >= 0.6 is 0 Å². The van der Waals surface area contributed by atoms with E-state index in [0.717, 1.165) is 5.56 Å². The van der Waals surface area contributed by atoms with Crippen LogP contribution in [0.25, 0.3) is 0 Å². The van der Waals surface area contributed by atoms with Gasteiger partial charge in [-0.15, -0.1) is 13.2 Å². The van der Waals surface area contributed by atoms with Crippen LogP contribution < -0.4 is 4.74 Å². The lowest BCUT2D eigenvalue weighted by Crippen LogP contribution is -2.17. The molecule has 1 N–H and O–H groups in total. The number of alkyl halides is 3. The van der Waals surface area contributed by atoms with Crippen molar-refractivity contribution >= 4 is 0 Å². The second-order valence-corrected chi connectivity index (χ2v) is 3.83. The van der Waals surface area contributed by atoms with Crippen LogP contribution in [0.5, 0.6) is 5.75 Å². The number of methoxy groups -OCH3 is 1. The van der Waals surface area contributed by atoms with E-state index >= 15 is 0 Å². The highest BCUT2D eigenvalue weighted by Crippen LogP contribution is 2.23. The highest BCUT2D eigenvalue weighted by atomic mass is 19.4. The zero-order chi connectivity index (χ0) is 13.6.